The van der Waals surface area contributed by atoms with Crippen LogP contribution >= 0.6 is 0 Å². The van der Waals surface area contributed by atoms with Gasteiger partial charge < -0.3 is 15.0 Å². The first-order valence-electron chi connectivity index (χ1n) is 10.4. The van der Waals surface area contributed by atoms with Crippen molar-refractivity contribution in [2.75, 3.05) is 19.6 Å². The molecule has 0 aromatic heterocycles. The van der Waals surface area contributed by atoms with Crippen molar-refractivity contribution < 1.29 is 18.7 Å². The number of halogens is 1. The number of ether oxygens (including phenoxy) is 1. The Balaban J connectivity index is 1.30. The van der Waals surface area contributed by atoms with E-state index in [2.05, 4.69) is 5.32 Å². The van der Waals surface area contributed by atoms with Gasteiger partial charge in [-0.25, -0.2) is 4.39 Å². The molecule has 5 rings (SSSR count). The molecule has 1 aliphatic carbocycles. The van der Waals surface area contributed by atoms with Crippen LogP contribution in [0, 0.1) is 34.9 Å². The second-order valence-corrected chi connectivity index (χ2v) is 8.93. The summed E-state index contributed by atoms with van der Waals surface area (Å²) in [5, 5.41) is 12.2. The van der Waals surface area contributed by atoms with E-state index in [0.717, 1.165) is 38.2 Å². The summed E-state index contributed by atoms with van der Waals surface area (Å²) in [5.41, 5.74) is -0.0145. The van der Waals surface area contributed by atoms with E-state index in [1.54, 1.807) is 4.90 Å². The van der Waals surface area contributed by atoms with Gasteiger partial charge in [0.25, 0.3) is 5.91 Å². The molecule has 152 valence electrons. The number of hydrogen-bond acceptors (Lipinski definition) is 4. The number of nitriles is 1. The lowest BCUT2D eigenvalue weighted by atomic mass is 9.73. The predicted octanol–water partition coefficient (Wildman–Crippen LogP) is 2.23. The zero-order chi connectivity index (χ0) is 20.2. The highest BCUT2D eigenvalue weighted by Gasteiger charge is 2.63. The maximum Gasteiger partial charge on any atom is 0.254 e. The van der Waals surface area contributed by atoms with Gasteiger partial charge in [0.2, 0.25) is 5.91 Å². The SMILES string of the molecule is N#Cc1cc(F)cc(C(=O)N2C[C@@H]3[C@H](CNC(=O)C4CCC4)[C@H]4CC[C@]3(C2)O4)c1. The number of likely N-dealkylation sites (tertiary alicyclic amines) is 1. The molecule has 3 aliphatic heterocycles. The fourth-order valence-electron chi connectivity index (χ4n) is 5.61. The Morgan fingerprint density at radius 3 is 2.86 bits per heavy atom. The van der Waals surface area contributed by atoms with Gasteiger partial charge in [0, 0.05) is 36.4 Å². The molecule has 1 spiro atoms. The van der Waals surface area contributed by atoms with Gasteiger partial charge in [-0.05, 0) is 43.9 Å². The summed E-state index contributed by atoms with van der Waals surface area (Å²) in [5.74, 6) is -0.174. The minimum absolute atomic E-state index is 0.137. The average Bonchev–Trinajstić information content (AvgIpc) is 3.32. The third-order valence-corrected chi connectivity index (χ3v) is 7.33. The van der Waals surface area contributed by atoms with E-state index in [-0.39, 0.29) is 52.4 Å². The predicted molar refractivity (Wildman–Crippen MR) is 101 cm³/mol. The number of carbonyl (C=O) groups is 2. The standard InChI is InChI=1S/C22H24FN3O3/c23-16-7-13(9-24)6-15(8-16)21(28)26-11-18-17(10-25-20(27)14-2-1-3-14)19-4-5-22(18,12-26)29-19/h6-8,14,17-19H,1-5,10-12H2,(H,25,27)/t17-,18+,19+,22+/m0/s1. The number of nitrogens with one attached hydrogen (secondary N) is 1. The van der Waals surface area contributed by atoms with Crippen LogP contribution in [0.25, 0.3) is 0 Å². The van der Waals surface area contributed by atoms with Gasteiger partial charge in [0.05, 0.1) is 29.9 Å². The second kappa shape index (κ2) is 6.81. The average molecular weight is 397 g/mol. The number of hydrogen-bond donors (Lipinski definition) is 1. The molecular weight excluding hydrogens is 373 g/mol. The van der Waals surface area contributed by atoms with Crippen LogP contribution in [0.4, 0.5) is 4.39 Å². The van der Waals surface area contributed by atoms with E-state index >= 15 is 0 Å². The summed E-state index contributed by atoms with van der Waals surface area (Å²) in [6.07, 6.45) is 5.07. The Hall–Kier alpha value is -2.46. The van der Waals surface area contributed by atoms with Crippen molar-refractivity contribution in [2.24, 2.45) is 17.8 Å². The Bertz CT molecular complexity index is 909. The molecule has 2 bridgehead atoms. The summed E-state index contributed by atoms with van der Waals surface area (Å²) >= 11 is 0. The molecule has 1 N–H and O–H groups in total. The third kappa shape index (κ3) is 3.01. The van der Waals surface area contributed by atoms with E-state index < -0.39 is 5.82 Å². The number of amides is 2. The molecule has 0 radical (unpaired) electrons. The smallest absolute Gasteiger partial charge is 0.254 e. The summed E-state index contributed by atoms with van der Waals surface area (Å²) in [6.45, 7) is 1.61. The van der Waals surface area contributed by atoms with E-state index in [1.165, 1.54) is 12.1 Å². The quantitative estimate of drug-likeness (QED) is 0.845. The van der Waals surface area contributed by atoms with Gasteiger partial charge in [-0.3, -0.25) is 9.59 Å². The van der Waals surface area contributed by atoms with Crippen molar-refractivity contribution >= 4 is 11.8 Å². The normalized spacial score (nSPS) is 32.6. The molecular formula is C22H24FN3O3. The van der Waals surface area contributed by atoms with E-state index in [0.29, 0.717) is 19.6 Å². The number of rotatable bonds is 4. The molecule has 4 fully saturated rings. The van der Waals surface area contributed by atoms with Gasteiger partial charge in [0.15, 0.2) is 0 Å². The number of carbonyl (C=O) groups excluding carboxylic acids is 2. The summed E-state index contributed by atoms with van der Waals surface area (Å²) in [6, 6.07) is 5.64. The topological polar surface area (TPSA) is 82.4 Å². The minimum atomic E-state index is -0.585. The molecule has 7 heteroatoms. The second-order valence-electron chi connectivity index (χ2n) is 8.93. The van der Waals surface area contributed by atoms with Crippen LogP contribution in [0.5, 0.6) is 0 Å². The van der Waals surface area contributed by atoms with Crippen LogP contribution in [-0.2, 0) is 9.53 Å². The van der Waals surface area contributed by atoms with Crippen LogP contribution in [-0.4, -0.2) is 48.1 Å². The van der Waals surface area contributed by atoms with Crippen LogP contribution < -0.4 is 5.32 Å². The highest BCUT2D eigenvalue weighted by atomic mass is 19.1. The van der Waals surface area contributed by atoms with Crippen molar-refractivity contribution in [3.05, 3.63) is 35.1 Å². The van der Waals surface area contributed by atoms with Crippen molar-refractivity contribution in [1.29, 1.82) is 5.26 Å². The van der Waals surface area contributed by atoms with E-state index in [1.807, 2.05) is 6.07 Å². The molecule has 4 aliphatic rings. The molecule has 1 aromatic carbocycles. The fraction of sp³-hybridized carbons (Fsp3) is 0.591. The Morgan fingerprint density at radius 1 is 1.31 bits per heavy atom. The molecule has 2 amide bonds. The van der Waals surface area contributed by atoms with Gasteiger partial charge >= 0.3 is 0 Å². The first-order chi connectivity index (χ1) is 14.0. The van der Waals surface area contributed by atoms with Crippen molar-refractivity contribution in [2.45, 2.75) is 43.8 Å². The highest BCUT2D eigenvalue weighted by molar-refractivity contribution is 5.95. The molecule has 1 aromatic rings. The fourth-order valence-corrected chi connectivity index (χ4v) is 5.61. The number of fused-ring (bicyclic) bond motifs is 1. The summed E-state index contributed by atoms with van der Waals surface area (Å²) < 4.78 is 20.1. The summed E-state index contributed by atoms with van der Waals surface area (Å²) in [7, 11) is 0. The van der Waals surface area contributed by atoms with Gasteiger partial charge in [-0.15, -0.1) is 0 Å². The Kier molecular flexibility index (Phi) is 4.36. The van der Waals surface area contributed by atoms with Crippen LogP contribution in [0.2, 0.25) is 0 Å². The maximum atomic E-state index is 13.8. The van der Waals surface area contributed by atoms with E-state index in [9.17, 15) is 14.0 Å². The van der Waals surface area contributed by atoms with Crippen molar-refractivity contribution in [3.8, 4) is 6.07 Å². The van der Waals surface area contributed by atoms with Crippen LogP contribution in [0.1, 0.15) is 48.0 Å². The zero-order valence-corrected chi connectivity index (χ0v) is 16.2. The third-order valence-electron chi connectivity index (χ3n) is 7.33. The lowest BCUT2D eigenvalue weighted by Gasteiger charge is -2.30. The monoisotopic (exact) mass is 397 g/mol. The highest BCUT2D eigenvalue weighted by Crippen LogP contribution is 2.54. The Morgan fingerprint density at radius 2 is 2.14 bits per heavy atom. The molecule has 4 atom stereocenters. The van der Waals surface area contributed by atoms with Crippen molar-refractivity contribution in [1.82, 2.24) is 10.2 Å². The van der Waals surface area contributed by atoms with Gasteiger partial charge in [-0.1, -0.05) is 6.42 Å². The minimum Gasteiger partial charge on any atom is -0.369 e. The van der Waals surface area contributed by atoms with Gasteiger partial charge in [-0.2, -0.15) is 5.26 Å². The molecule has 0 unspecified atom stereocenters. The molecule has 3 heterocycles. The van der Waals surface area contributed by atoms with Crippen LogP contribution in [0.15, 0.2) is 18.2 Å². The number of nitrogens with zero attached hydrogens (tertiary/aromatic N) is 2. The lowest BCUT2D eigenvalue weighted by molar-refractivity contribution is -0.127. The zero-order valence-electron chi connectivity index (χ0n) is 16.2. The van der Waals surface area contributed by atoms with Gasteiger partial charge in [0.1, 0.15) is 5.82 Å². The largest absolute Gasteiger partial charge is 0.369 e. The summed E-state index contributed by atoms with van der Waals surface area (Å²) in [4.78, 5) is 27.0. The molecule has 1 saturated carbocycles. The maximum absolute atomic E-state index is 13.8. The van der Waals surface area contributed by atoms with Crippen molar-refractivity contribution in [3.63, 3.8) is 0 Å². The Labute approximate surface area is 169 Å². The first-order valence-corrected chi connectivity index (χ1v) is 10.4. The number of benzene rings is 1. The lowest BCUT2D eigenvalue weighted by Crippen LogP contribution is -2.44. The molecule has 3 saturated heterocycles. The first kappa shape index (κ1) is 18.6. The van der Waals surface area contributed by atoms with E-state index in [4.69, 9.17) is 10.00 Å². The van der Waals surface area contributed by atoms with Crippen LogP contribution in [0.3, 0.4) is 0 Å². The molecule has 29 heavy (non-hydrogen) atoms. The molecule has 6 nitrogen and oxygen atoms in total.